The summed E-state index contributed by atoms with van der Waals surface area (Å²) in [5, 5.41) is 9.10. The molecule has 2 unspecified atom stereocenters. The molecule has 0 amide bonds. The zero-order valence-electron chi connectivity index (χ0n) is 25.7. The molecule has 0 aromatic heterocycles. The van der Waals surface area contributed by atoms with E-state index < -0.39 is 6.16 Å². The predicted molar refractivity (Wildman–Crippen MR) is 166 cm³/mol. The van der Waals surface area contributed by atoms with E-state index in [4.69, 9.17) is 9.84 Å². The Morgan fingerprint density at radius 3 is 1.71 bits per heavy atom. The van der Waals surface area contributed by atoms with Crippen LogP contribution in [-0.4, -0.2) is 42.9 Å². The van der Waals surface area contributed by atoms with Crippen LogP contribution in [0.4, 0.5) is 4.79 Å². The van der Waals surface area contributed by atoms with E-state index in [0.717, 1.165) is 57.3 Å². The monoisotopic (exact) mass is 533 g/mol. The third-order valence-electron chi connectivity index (χ3n) is 7.22. The number of rotatable bonds is 27. The SMILES string of the molecule is CC/C=C\C/C=C\C/C=C\CCCCCCCC(CCCCCCCCC(C)CCCN(C)C)OC(=O)O. The lowest BCUT2D eigenvalue weighted by Crippen LogP contribution is -2.16. The standard InChI is InChI=1S/C34H63NO3/c1-5-6-7-8-9-10-11-12-13-14-15-16-17-21-24-29-33(38-34(36)37)30-25-22-19-18-20-23-27-32(2)28-26-31-35(3)4/h6-7,9-10,12-13,32-33H,5,8,11,14-31H2,1-4H3,(H,36,37)/b7-6-,10-9-,13-12-. The Hall–Kier alpha value is -1.55. The molecule has 0 radical (unpaired) electrons. The highest BCUT2D eigenvalue weighted by atomic mass is 16.7. The second-order valence-electron chi connectivity index (χ2n) is 11.4. The van der Waals surface area contributed by atoms with Crippen LogP contribution in [0, 0.1) is 5.92 Å². The molecule has 0 aliphatic carbocycles. The molecule has 4 nitrogen and oxygen atoms in total. The first-order valence-corrected chi connectivity index (χ1v) is 15.9. The first kappa shape index (κ1) is 36.5. The van der Waals surface area contributed by atoms with Gasteiger partial charge in [-0.05, 0) is 97.2 Å². The molecule has 0 aliphatic rings. The van der Waals surface area contributed by atoms with E-state index in [9.17, 15) is 4.79 Å². The molecule has 0 saturated carbocycles. The zero-order valence-corrected chi connectivity index (χ0v) is 25.7. The van der Waals surface area contributed by atoms with Gasteiger partial charge >= 0.3 is 6.16 Å². The molecular formula is C34H63NO3. The maximum Gasteiger partial charge on any atom is 0.506 e. The first-order chi connectivity index (χ1) is 18.5. The van der Waals surface area contributed by atoms with E-state index >= 15 is 0 Å². The molecule has 0 saturated heterocycles. The van der Waals surface area contributed by atoms with Crippen molar-refractivity contribution in [1.29, 1.82) is 0 Å². The lowest BCUT2D eigenvalue weighted by Gasteiger charge is -2.16. The van der Waals surface area contributed by atoms with E-state index in [0.29, 0.717) is 0 Å². The fourth-order valence-corrected chi connectivity index (χ4v) is 4.87. The number of hydrogen-bond acceptors (Lipinski definition) is 3. The summed E-state index contributed by atoms with van der Waals surface area (Å²) in [5.74, 6) is 0.844. The van der Waals surface area contributed by atoms with Crippen LogP contribution in [0.25, 0.3) is 0 Å². The molecule has 2 atom stereocenters. The van der Waals surface area contributed by atoms with Crippen LogP contribution in [0.3, 0.4) is 0 Å². The molecule has 38 heavy (non-hydrogen) atoms. The van der Waals surface area contributed by atoms with Gasteiger partial charge in [0.25, 0.3) is 0 Å². The Kier molecular flexibility index (Phi) is 27.3. The van der Waals surface area contributed by atoms with E-state index in [2.05, 4.69) is 69.3 Å². The first-order valence-electron chi connectivity index (χ1n) is 15.9. The fraction of sp³-hybridized carbons (Fsp3) is 0.794. The minimum atomic E-state index is -1.12. The molecule has 0 heterocycles. The highest BCUT2D eigenvalue weighted by Crippen LogP contribution is 2.19. The van der Waals surface area contributed by atoms with Crippen molar-refractivity contribution in [2.75, 3.05) is 20.6 Å². The van der Waals surface area contributed by atoms with Gasteiger partial charge in [0.15, 0.2) is 0 Å². The number of ether oxygens (including phenoxy) is 1. The molecule has 1 N–H and O–H groups in total. The number of carboxylic acid groups (broad SMARTS) is 1. The van der Waals surface area contributed by atoms with E-state index in [1.807, 2.05) is 0 Å². The van der Waals surface area contributed by atoms with E-state index in [1.165, 1.54) is 83.6 Å². The summed E-state index contributed by atoms with van der Waals surface area (Å²) in [7, 11) is 4.30. The molecule has 4 heteroatoms. The Bertz CT molecular complexity index is 597. The molecule has 0 rings (SSSR count). The summed E-state index contributed by atoms with van der Waals surface area (Å²) in [6.07, 6.45) is 35.8. The average molecular weight is 534 g/mol. The third-order valence-corrected chi connectivity index (χ3v) is 7.22. The molecule has 0 aliphatic heterocycles. The minimum absolute atomic E-state index is 0.121. The lowest BCUT2D eigenvalue weighted by atomic mass is 9.97. The molecule has 0 spiro atoms. The van der Waals surface area contributed by atoms with Gasteiger partial charge in [-0.1, -0.05) is 108 Å². The number of unbranched alkanes of at least 4 members (excludes halogenated alkanes) is 10. The van der Waals surface area contributed by atoms with Crippen molar-refractivity contribution in [1.82, 2.24) is 4.90 Å². The zero-order chi connectivity index (χ0) is 28.1. The maximum absolute atomic E-state index is 11.1. The quantitative estimate of drug-likeness (QED) is 0.0648. The van der Waals surface area contributed by atoms with Crippen molar-refractivity contribution in [3.8, 4) is 0 Å². The summed E-state index contributed by atoms with van der Waals surface area (Å²) in [6, 6.07) is 0. The van der Waals surface area contributed by atoms with Gasteiger partial charge in [0.05, 0.1) is 0 Å². The Labute approximate surface area is 237 Å². The molecule has 0 fully saturated rings. The van der Waals surface area contributed by atoms with Crippen LogP contribution in [0.1, 0.15) is 142 Å². The van der Waals surface area contributed by atoms with Gasteiger partial charge in [0.1, 0.15) is 6.10 Å². The largest absolute Gasteiger partial charge is 0.506 e. The van der Waals surface area contributed by atoms with Crippen molar-refractivity contribution in [3.05, 3.63) is 36.5 Å². The van der Waals surface area contributed by atoms with Crippen LogP contribution in [0.15, 0.2) is 36.5 Å². The predicted octanol–water partition coefficient (Wildman–Crippen LogP) is 10.7. The summed E-state index contributed by atoms with van der Waals surface area (Å²) < 4.78 is 5.18. The molecule has 222 valence electrons. The van der Waals surface area contributed by atoms with Crippen molar-refractivity contribution in [2.45, 2.75) is 148 Å². The number of carbonyl (C=O) groups is 1. The third kappa shape index (κ3) is 29.0. The van der Waals surface area contributed by atoms with Gasteiger partial charge in [-0.15, -0.1) is 0 Å². The summed E-state index contributed by atoms with van der Waals surface area (Å²) in [4.78, 5) is 13.4. The van der Waals surface area contributed by atoms with Crippen LogP contribution in [-0.2, 0) is 4.74 Å². The maximum atomic E-state index is 11.1. The van der Waals surface area contributed by atoms with Gasteiger partial charge in [0, 0.05) is 0 Å². The van der Waals surface area contributed by atoms with Crippen molar-refractivity contribution < 1.29 is 14.6 Å². The van der Waals surface area contributed by atoms with Gasteiger partial charge in [-0.25, -0.2) is 4.79 Å². The second kappa shape index (κ2) is 28.5. The number of hydrogen-bond donors (Lipinski definition) is 1. The van der Waals surface area contributed by atoms with E-state index in [1.54, 1.807) is 0 Å². The van der Waals surface area contributed by atoms with Crippen molar-refractivity contribution >= 4 is 6.16 Å². The Morgan fingerprint density at radius 2 is 1.16 bits per heavy atom. The van der Waals surface area contributed by atoms with Crippen molar-refractivity contribution in [3.63, 3.8) is 0 Å². The summed E-state index contributed by atoms with van der Waals surface area (Å²) in [5.41, 5.74) is 0. The second-order valence-corrected chi connectivity index (χ2v) is 11.4. The van der Waals surface area contributed by atoms with Crippen LogP contribution < -0.4 is 0 Å². The molecule has 0 aromatic rings. The minimum Gasteiger partial charge on any atom is -0.450 e. The van der Waals surface area contributed by atoms with Crippen molar-refractivity contribution in [2.24, 2.45) is 5.92 Å². The smallest absolute Gasteiger partial charge is 0.450 e. The Balaban J connectivity index is 3.69. The lowest BCUT2D eigenvalue weighted by molar-refractivity contribution is 0.0422. The molecular weight excluding hydrogens is 470 g/mol. The number of nitrogens with zero attached hydrogens (tertiary/aromatic N) is 1. The van der Waals surface area contributed by atoms with Crippen LogP contribution in [0.5, 0.6) is 0 Å². The highest BCUT2D eigenvalue weighted by Gasteiger charge is 2.13. The van der Waals surface area contributed by atoms with Crippen LogP contribution >= 0.6 is 0 Å². The summed E-state index contributed by atoms with van der Waals surface area (Å²) >= 11 is 0. The fourth-order valence-electron chi connectivity index (χ4n) is 4.87. The van der Waals surface area contributed by atoms with Gasteiger partial charge < -0.3 is 14.7 Å². The molecule has 0 aromatic carbocycles. The molecule has 0 bridgehead atoms. The normalized spacial score (nSPS) is 13.8. The highest BCUT2D eigenvalue weighted by molar-refractivity contribution is 5.57. The Morgan fingerprint density at radius 1 is 0.684 bits per heavy atom. The van der Waals surface area contributed by atoms with Gasteiger partial charge in [0.2, 0.25) is 0 Å². The average Bonchev–Trinajstić information content (AvgIpc) is 2.87. The summed E-state index contributed by atoms with van der Waals surface area (Å²) in [6.45, 7) is 5.75. The topological polar surface area (TPSA) is 49.8 Å². The van der Waals surface area contributed by atoms with Crippen LogP contribution in [0.2, 0.25) is 0 Å². The van der Waals surface area contributed by atoms with E-state index in [-0.39, 0.29) is 6.10 Å². The van der Waals surface area contributed by atoms with Gasteiger partial charge in [-0.3, -0.25) is 0 Å². The number of allylic oxidation sites excluding steroid dienone is 6. The van der Waals surface area contributed by atoms with Gasteiger partial charge in [-0.2, -0.15) is 0 Å².